The van der Waals surface area contributed by atoms with Gasteiger partial charge < -0.3 is 10.1 Å². The summed E-state index contributed by atoms with van der Waals surface area (Å²) in [7, 11) is -2.65. The van der Waals surface area contributed by atoms with Gasteiger partial charge in [0, 0.05) is 5.56 Å². The molecule has 0 unspecified atom stereocenters. The molecule has 8 heteroatoms. The van der Waals surface area contributed by atoms with Crippen LogP contribution < -0.4 is 10.0 Å². The van der Waals surface area contributed by atoms with Gasteiger partial charge in [-0.2, -0.15) is 0 Å². The molecule has 7 nitrogen and oxygen atoms in total. The third kappa shape index (κ3) is 4.66. The summed E-state index contributed by atoms with van der Waals surface area (Å²) in [6, 6.07) is 19.0. The Morgan fingerprint density at radius 1 is 0.867 bits per heavy atom. The second kappa shape index (κ2) is 8.79. The predicted octanol–water partition coefficient (Wildman–Crippen LogP) is 3.83. The van der Waals surface area contributed by atoms with Crippen molar-refractivity contribution in [1.82, 2.24) is 0 Å². The first-order valence-electron chi connectivity index (χ1n) is 8.99. The van der Waals surface area contributed by atoms with Crippen molar-refractivity contribution in [3.63, 3.8) is 0 Å². The molecule has 0 aliphatic heterocycles. The molecule has 0 saturated heterocycles. The van der Waals surface area contributed by atoms with E-state index in [1.165, 1.54) is 37.4 Å². The normalized spacial score (nSPS) is 10.9. The van der Waals surface area contributed by atoms with E-state index >= 15 is 0 Å². The molecule has 2 N–H and O–H groups in total. The highest BCUT2D eigenvalue weighted by Crippen LogP contribution is 2.21. The van der Waals surface area contributed by atoms with E-state index in [0.717, 1.165) is 5.56 Å². The average Bonchev–Trinajstić information content (AvgIpc) is 2.75. The van der Waals surface area contributed by atoms with Gasteiger partial charge >= 0.3 is 5.97 Å². The van der Waals surface area contributed by atoms with Crippen LogP contribution >= 0.6 is 0 Å². The van der Waals surface area contributed by atoms with Crippen LogP contribution in [-0.2, 0) is 14.8 Å². The molecule has 0 saturated carbocycles. The molecule has 3 aromatic rings. The summed E-state index contributed by atoms with van der Waals surface area (Å²) in [6.07, 6.45) is 0. The van der Waals surface area contributed by atoms with E-state index in [9.17, 15) is 18.0 Å². The summed E-state index contributed by atoms with van der Waals surface area (Å²) in [5, 5.41) is 2.62. The highest BCUT2D eigenvalue weighted by atomic mass is 32.2. The van der Waals surface area contributed by atoms with Crippen molar-refractivity contribution >= 4 is 33.3 Å². The van der Waals surface area contributed by atoms with Gasteiger partial charge in [-0.25, -0.2) is 13.2 Å². The largest absolute Gasteiger partial charge is 0.465 e. The molecule has 0 fully saturated rings. The zero-order chi connectivity index (χ0) is 21.7. The van der Waals surface area contributed by atoms with Crippen molar-refractivity contribution < 1.29 is 22.7 Å². The van der Waals surface area contributed by atoms with Crippen LogP contribution in [0.1, 0.15) is 26.3 Å². The Morgan fingerprint density at radius 2 is 1.53 bits per heavy atom. The maximum atomic E-state index is 12.8. The number of amides is 1. The Kier molecular flexibility index (Phi) is 6.17. The van der Waals surface area contributed by atoms with E-state index in [0.29, 0.717) is 5.69 Å². The fourth-order valence-electron chi connectivity index (χ4n) is 2.77. The lowest BCUT2D eigenvalue weighted by Crippen LogP contribution is -2.17. The third-order valence-corrected chi connectivity index (χ3v) is 5.74. The minimum atomic E-state index is -3.89. The number of rotatable bonds is 6. The SMILES string of the molecule is COC(=O)c1ccccc1NC(=O)c1cccc(S(=O)(=O)Nc2ccccc2C)c1. The number of carbonyl (C=O) groups is 2. The number of para-hydroxylation sites is 2. The van der Waals surface area contributed by atoms with E-state index in [1.54, 1.807) is 43.3 Å². The first kappa shape index (κ1) is 21.1. The Labute approximate surface area is 174 Å². The van der Waals surface area contributed by atoms with E-state index in [4.69, 9.17) is 4.74 Å². The summed E-state index contributed by atoms with van der Waals surface area (Å²) in [5.41, 5.74) is 1.81. The Balaban J connectivity index is 1.86. The molecular weight excluding hydrogens is 404 g/mol. The number of aryl methyl sites for hydroxylation is 1. The topological polar surface area (TPSA) is 102 Å². The van der Waals surface area contributed by atoms with Crippen LogP contribution in [0.4, 0.5) is 11.4 Å². The molecule has 154 valence electrons. The lowest BCUT2D eigenvalue weighted by molar-refractivity contribution is 0.0602. The monoisotopic (exact) mass is 424 g/mol. The second-order valence-corrected chi connectivity index (χ2v) is 8.12. The average molecular weight is 424 g/mol. The zero-order valence-corrected chi connectivity index (χ0v) is 17.2. The van der Waals surface area contributed by atoms with Gasteiger partial charge in [0.15, 0.2) is 0 Å². The molecule has 0 spiro atoms. The van der Waals surface area contributed by atoms with Crippen LogP contribution in [0.2, 0.25) is 0 Å². The summed E-state index contributed by atoms with van der Waals surface area (Å²) >= 11 is 0. The van der Waals surface area contributed by atoms with Crippen molar-refractivity contribution in [2.75, 3.05) is 17.1 Å². The minimum absolute atomic E-state index is 0.0559. The van der Waals surface area contributed by atoms with Crippen LogP contribution in [0.15, 0.2) is 77.7 Å². The van der Waals surface area contributed by atoms with Crippen LogP contribution in [0.5, 0.6) is 0 Å². The standard InChI is InChI=1S/C22H20N2O5S/c1-15-8-3-5-12-19(15)24-30(27,28)17-10-7-9-16(14-17)21(25)23-20-13-6-4-11-18(20)22(26)29-2/h3-14,24H,1-2H3,(H,23,25). The minimum Gasteiger partial charge on any atom is -0.465 e. The first-order chi connectivity index (χ1) is 14.3. The summed E-state index contributed by atoms with van der Waals surface area (Å²) in [6.45, 7) is 1.79. The fourth-order valence-corrected chi connectivity index (χ4v) is 3.95. The Morgan fingerprint density at radius 3 is 2.23 bits per heavy atom. The van der Waals surface area contributed by atoms with Gasteiger partial charge in [0.1, 0.15) is 0 Å². The van der Waals surface area contributed by atoms with Gasteiger partial charge in [0.2, 0.25) is 0 Å². The van der Waals surface area contributed by atoms with E-state index in [-0.39, 0.29) is 21.7 Å². The highest BCUT2D eigenvalue weighted by Gasteiger charge is 2.19. The van der Waals surface area contributed by atoms with E-state index in [2.05, 4.69) is 10.0 Å². The Bertz CT molecular complexity index is 1210. The lowest BCUT2D eigenvalue weighted by atomic mass is 10.1. The number of ether oxygens (including phenoxy) is 1. The molecular formula is C22H20N2O5S. The van der Waals surface area contributed by atoms with Crippen LogP contribution in [0.25, 0.3) is 0 Å². The van der Waals surface area contributed by atoms with Crippen molar-refractivity contribution in [2.45, 2.75) is 11.8 Å². The number of hydrogen-bond acceptors (Lipinski definition) is 5. The zero-order valence-electron chi connectivity index (χ0n) is 16.4. The Hall–Kier alpha value is -3.65. The lowest BCUT2D eigenvalue weighted by Gasteiger charge is -2.12. The van der Waals surface area contributed by atoms with Gasteiger partial charge in [0.25, 0.3) is 15.9 Å². The quantitative estimate of drug-likeness (QED) is 0.586. The first-order valence-corrected chi connectivity index (χ1v) is 10.5. The molecule has 3 aromatic carbocycles. The number of benzene rings is 3. The smallest absolute Gasteiger partial charge is 0.339 e. The maximum Gasteiger partial charge on any atom is 0.339 e. The second-order valence-electron chi connectivity index (χ2n) is 6.44. The number of methoxy groups -OCH3 is 1. The molecule has 1 amide bonds. The molecule has 3 rings (SSSR count). The summed E-state index contributed by atoms with van der Waals surface area (Å²) < 4.78 is 32.8. The van der Waals surface area contributed by atoms with Crippen molar-refractivity contribution in [1.29, 1.82) is 0 Å². The molecule has 0 bridgehead atoms. The summed E-state index contributed by atoms with van der Waals surface area (Å²) in [4.78, 5) is 24.5. The molecule has 0 radical (unpaired) electrons. The van der Waals surface area contributed by atoms with Crippen LogP contribution in [-0.4, -0.2) is 27.4 Å². The van der Waals surface area contributed by atoms with Gasteiger partial charge in [-0.3, -0.25) is 9.52 Å². The van der Waals surface area contributed by atoms with Gasteiger partial charge in [-0.05, 0) is 48.9 Å². The van der Waals surface area contributed by atoms with Crippen LogP contribution in [0.3, 0.4) is 0 Å². The summed E-state index contributed by atoms with van der Waals surface area (Å²) in [5.74, 6) is -1.15. The van der Waals surface area contributed by atoms with Gasteiger partial charge in [-0.15, -0.1) is 0 Å². The molecule has 0 aliphatic carbocycles. The number of sulfonamides is 1. The number of hydrogen-bond donors (Lipinski definition) is 2. The van der Waals surface area contributed by atoms with E-state index < -0.39 is 21.9 Å². The predicted molar refractivity (Wildman–Crippen MR) is 114 cm³/mol. The molecule has 0 aromatic heterocycles. The third-order valence-electron chi connectivity index (χ3n) is 4.38. The van der Waals surface area contributed by atoms with Crippen LogP contribution in [0, 0.1) is 6.92 Å². The van der Waals surface area contributed by atoms with Gasteiger partial charge in [-0.1, -0.05) is 36.4 Å². The van der Waals surface area contributed by atoms with Gasteiger partial charge in [0.05, 0.1) is 28.9 Å². The highest BCUT2D eigenvalue weighted by molar-refractivity contribution is 7.92. The van der Waals surface area contributed by atoms with Crippen molar-refractivity contribution in [3.05, 3.63) is 89.5 Å². The molecule has 30 heavy (non-hydrogen) atoms. The van der Waals surface area contributed by atoms with E-state index in [1.807, 2.05) is 6.07 Å². The number of carbonyl (C=O) groups excluding carboxylic acids is 2. The van der Waals surface area contributed by atoms with Crippen molar-refractivity contribution in [2.24, 2.45) is 0 Å². The number of anilines is 2. The van der Waals surface area contributed by atoms with Crippen molar-refractivity contribution in [3.8, 4) is 0 Å². The number of esters is 1. The molecule has 0 atom stereocenters. The molecule has 0 aliphatic rings. The number of nitrogens with one attached hydrogen (secondary N) is 2. The fraction of sp³-hybridized carbons (Fsp3) is 0.0909. The maximum absolute atomic E-state index is 12.8. The molecule has 0 heterocycles.